The molecule has 0 spiro atoms. The lowest BCUT2D eigenvalue weighted by molar-refractivity contribution is 0.0940. The first-order valence-electron chi connectivity index (χ1n) is 11.2. The number of hydrogen-bond acceptors (Lipinski definition) is 7. The summed E-state index contributed by atoms with van der Waals surface area (Å²) in [7, 11) is 3.16. The van der Waals surface area contributed by atoms with Crippen LogP contribution in [0.1, 0.15) is 41.6 Å². The van der Waals surface area contributed by atoms with E-state index in [4.69, 9.17) is 25.2 Å². The molecule has 0 unspecified atom stereocenters. The Labute approximate surface area is 196 Å². The Balaban J connectivity index is 1.62. The minimum atomic E-state index is -0.251. The molecule has 174 valence electrons. The molecule has 0 saturated heterocycles. The highest BCUT2D eigenvalue weighted by molar-refractivity contribution is 6.10. The third kappa shape index (κ3) is 3.89. The van der Waals surface area contributed by atoms with Gasteiger partial charge in [-0.15, -0.1) is 0 Å². The van der Waals surface area contributed by atoms with Crippen LogP contribution in [-0.4, -0.2) is 47.0 Å². The lowest BCUT2D eigenvalue weighted by atomic mass is 10.2. The van der Waals surface area contributed by atoms with Crippen LogP contribution < -0.4 is 20.5 Å². The van der Waals surface area contributed by atoms with Gasteiger partial charge < -0.3 is 20.5 Å². The molecule has 1 amide bonds. The number of carbonyl (C=O) groups is 1. The molecule has 3 N–H and O–H groups in total. The zero-order valence-electron chi connectivity index (χ0n) is 19.1. The summed E-state index contributed by atoms with van der Waals surface area (Å²) in [5.41, 5.74) is 9.77. The lowest BCUT2D eigenvalue weighted by Crippen LogP contribution is -2.33. The van der Waals surface area contributed by atoms with Crippen molar-refractivity contribution >= 4 is 40.1 Å². The van der Waals surface area contributed by atoms with Crippen molar-refractivity contribution in [3.8, 4) is 11.5 Å². The van der Waals surface area contributed by atoms with E-state index in [0.717, 1.165) is 31.2 Å². The summed E-state index contributed by atoms with van der Waals surface area (Å²) in [5.74, 6) is 1.14. The van der Waals surface area contributed by atoms with Gasteiger partial charge in [-0.05, 0) is 48.7 Å². The summed E-state index contributed by atoms with van der Waals surface area (Å²) in [6.45, 7) is 0. The number of nitrogens with zero attached hydrogens (tertiary/aromatic N) is 4. The van der Waals surface area contributed by atoms with Crippen LogP contribution in [0.15, 0.2) is 47.6 Å². The van der Waals surface area contributed by atoms with Gasteiger partial charge in [0.1, 0.15) is 16.9 Å². The topological polar surface area (TPSA) is 117 Å². The molecule has 2 heterocycles. The fourth-order valence-electron chi connectivity index (χ4n) is 4.37. The number of carbonyl (C=O) groups excluding carboxylic acids is 1. The van der Waals surface area contributed by atoms with Crippen molar-refractivity contribution in [2.45, 2.75) is 31.7 Å². The molecule has 1 aliphatic rings. The zero-order chi connectivity index (χ0) is 23.7. The van der Waals surface area contributed by atoms with E-state index in [2.05, 4.69) is 10.4 Å². The number of hydrogen-bond donors (Lipinski definition) is 2. The normalized spacial score (nSPS) is 14.3. The van der Waals surface area contributed by atoms with Gasteiger partial charge in [0.2, 0.25) is 0 Å². The number of fused-ring (bicyclic) bond motifs is 2. The second-order valence-corrected chi connectivity index (χ2v) is 8.27. The van der Waals surface area contributed by atoms with Crippen LogP contribution in [0.2, 0.25) is 0 Å². The van der Waals surface area contributed by atoms with Crippen LogP contribution in [0.3, 0.4) is 0 Å². The van der Waals surface area contributed by atoms with Crippen molar-refractivity contribution in [3.63, 3.8) is 0 Å². The minimum absolute atomic E-state index is 0.147. The Morgan fingerprint density at radius 3 is 2.50 bits per heavy atom. The fourth-order valence-corrected chi connectivity index (χ4v) is 4.37. The number of amides is 1. The molecule has 9 nitrogen and oxygen atoms in total. The van der Waals surface area contributed by atoms with Crippen molar-refractivity contribution in [2.24, 2.45) is 5.10 Å². The van der Waals surface area contributed by atoms with Gasteiger partial charge in [-0.2, -0.15) is 9.78 Å². The van der Waals surface area contributed by atoms with Gasteiger partial charge in [0.25, 0.3) is 5.91 Å². The fraction of sp³-hybridized carbons (Fsp3) is 0.280. The quantitative estimate of drug-likeness (QED) is 0.425. The highest BCUT2D eigenvalue weighted by Gasteiger charge is 2.26. The van der Waals surface area contributed by atoms with Crippen molar-refractivity contribution < 1.29 is 14.3 Å². The predicted molar refractivity (Wildman–Crippen MR) is 132 cm³/mol. The maximum atomic E-state index is 13.3. The van der Waals surface area contributed by atoms with Crippen LogP contribution in [0.25, 0.3) is 22.2 Å². The molecule has 0 bridgehead atoms. The Kier molecular flexibility index (Phi) is 5.75. The molecular weight excluding hydrogens is 432 g/mol. The van der Waals surface area contributed by atoms with Crippen LogP contribution in [-0.2, 0) is 0 Å². The smallest absolute Gasteiger partial charge is 0.257 e. The van der Waals surface area contributed by atoms with Crippen molar-refractivity contribution in [2.75, 3.05) is 20.0 Å². The van der Waals surface area contributed by atoms with Gasteiger partial charge in [-0.1, -0.05) is 25.0 Å². The number of aromatic nitrogens is 3. The van der Waals surface area contributed by atoms with Gasteiger partial charge in [-0.25, -0.2) is 9.97 Å². The van der Waals surface area contributed by atoms with Crippen LogP contribution in [0, 0.1) is 0 Å². The molecule has 4 aromatic rings. The maximum Gasteiger partial charge on any atom is 0.257 e. The molecule has 1 saturated carbocycles. The van der Waals surface area contributed by atoms with Gasteiger partial charge in [0, 0.05) is 6.04 Å². The summed E-state index contributed by atoms with van der Waals surface area (Å²) >= 11 is 0. The van der Waals surface area contributed by atoms with Crippen LogP contribution in [0.5, 0.6) is 11.5 Å². The average Bonchev–Trinajstić information content (AvgIpc) is 3.46. The number of anilines is 1. The second kappa shape index (κ2) is 9.01. The Bertz CT molecular complexity index is 1410. The van der Waals surface area contributed by atoms with E-state index in [1.807, 2.05) is 30.3 Å². The molecule has 1 fully saturated rings. The van der Waals surface area contributed by atoms with E-state index >= 15 is 0 Å². The number of benzene rings is 2. The number of ether oxygens (including phenoxy) is 2. The second-order valence-electron chi connectivity index (χ2n) is 8.27. The molecular formula is C25H26N6O3. The van der Waals surface area contributed by atoms with Gasteiger partial charge in [-0.3, -0.25) is 4.79 Å². The van der Waals surface area contributed by atoms with Gasteiger partial charge in [0.15, 0.2) is 17.1 Å². The first-order chi connectivity index (χ1) is 16.6. The highest BCUT2D eigenvalue weighted by Crippen LogP contribution is 2.30. The Morgan fingerprint density at radius 2 is 1.79 bits per heavy atom. The molecule has 0 atom stereocenters. The van der Waals surface area contributed by atoms with E-state index < -0.39 is 0 Å². The molecule has 0 aliphatic heterocycles. The van der Waals surface area contributed by atoms with E-state index in [9.17, 15) is 4.79 Å². The Morgan fingerprint density at radius 1 is 1.09 bits per heavy atom. The summed E-state index contributed by atoms with van der Waals surface area (Å²) in [5, 5.41) is 7.67. The zero-order valence-corrected chi connectivity index (χ0v) is 19.1. The summed E-state index contributed by atoms with van der Waals surface area (Å²) < 4.78 is 12.1. The SMILES string of the molecule is COc1ccc(/C=N/n2c(N)c(C(=O)NC3CCCC3)c3nc4ccccc4nc32)cc1OC. The number of nitrogens with two attached hydrogens (primary N) is 1. The number of nitrogens with one attached hydrogen (secondary N) is 1. The molecule has 1 aliphatic carbocycles. The van der Waals surface area contributed by atoms with Crippen LogP contribution in [0.4, 0.5) is 5.82 Å². The number of methoxy groups -OCH3 is 2. The largest absolute Gasteiger partial charge is 0.493 e. The van der Waals surface area contributed by atoms with E-state index in [0.29, 0.717) is 39.3 Å². The molecule has 5 rings (SSSR count). The average molecular weight is 459 g/mol. The molecule has 9 heteroatoms. The van der Waals surface area contributed by atoms with Gasteiger partial charge >= 0.3 is 0 Å². The third-order valence-corrected chi connectivity index (χ3v) is 6.12. The number of para-hydroxylation sites is 2. The van der Waals surface area contributed by atoms with Crippen molar-refractivity contribution in [1.29, 1.82) is 0 Å². The minimum Gasteiger partial charge on any atom is -0.493 e. The van der Waals surface area contributed by atoms with Gasteiger partial charge in [0.05, 0.1) is 31.5 Å². The highest BCUT2D eigenvalue weighted by atomic mass is 16.5. The molecule has 2 aromatic heterocycles. The first-order valence-corrected chi connectivity index (χ1v) is 11.2. The summed E-state index contributed by atoms with van der Waals surface area (Å²) in [4.78, 5) is 22.7. The number of nitrogen functional groups attached to an aromatic ring is 1. The van der Waals surface area contributed by atoms with Crippen molar-refractivity contribution in [1.82, 2.24) is 20.0 Å². The summed E-state index contributed by atoms with van der Waals surface area (Å²) in [6, 6.07) is 13.1. The van der Waals surface area contributed by atoms with Crippen molar-refractivity contribution in [3.05, 3.63) is 53.6 Å². The monoisotopic (exact) mass is 458 g/mol. The predicted octanol–water partition coefficient (Wildman–Crippen LogP) is 3.74. The lowest BCUT2D eigenvalue weighted by Gasteiger charge is -2.11. The van der Waals surface area contributed by atoms with Crippen LogP contribution >= 0.6 is 0 Å². The third-order valence-electron chi connectivity index (χ3n) is 6.12. The molecule has 0 radical (unpaired) electrons. The Hall–Kier alpha value is -4.14. The molecule has 2 aromatic carbocycles. The van der Waals surface area contributed by atoms with E-state index in [1.54, 1.807) is 32.6 Å². The van der Waals surface area contributed by atoms with E-state index in [1.165, 1.54) is 4.68 Å². The summed E-state index contributed by atoms with van der Waals surface area (Å²) in [6.07, 6.45) is 5.80. The number of rotatable bonds is 6. The van der Waals surface area contributed by atoms with E-state index in [-0.39, 0.29) is 17.8 Å². The maximum absolute atomic E-state index is 13.3. The standard InChI is InChI=1S/C25H26N6O3/c1-33-19-12-11-15(13-20(19)34-2)14-27-31-23(26)21(25(32)28-16-7-3-4-8-16)22-24(31)30-18-10-6-5-9-17(18)29-22/h5-6,9-14,16H,3-4,7-8,26H2,1-2H3,(H,28,32)/b27-14+. The molecule has 34 heavy (non-hydrogen) atoms. The first kappa shape index (κ1) is 21.7.